The van der Waals surface area contributed by atoms with Crippen LogP contribution in [0.4, 0.5) is 0 Å². The highest BCUT2D eigenvalue weighted by Crippen LogP contribution is 2.16. The maximum absolute atomic E-state index is 12.7. The molecule has 28 heavy (non-hydrogen) atoms. The van der Waals surface area contributed by atoms with Crippen LogP contribution in [0.1, 0.15) is 22.7 Å². The van der Waals surface area contributed by atoms with Crippen LogP contribution in [-0.4, -0.2) is 78.3 Å². The second kappa shape index (κ2) is 9.80. The molecular formula is C21H28N4O2S. The molecule has 0 spiro atoms. The van der Waals surface area contributed by atoms with Crippen LogP contribution in [0.2, 0.25) is 0 Å². The van der Waals surface area contributed by atoms with Crippen molar-refractivity contribution in [1.82, 2.24) is 19.7 Å². The molecule has 7 heteroatoms. The Kier molecular flexibility index (Phi) is 7.17. The number of hydrogen-bond acceptors (Lipinski definition) is 5. The number of thiazole rings is 1. The summed E-state index contributed by atoms with van der Waals surface area (Å²) in [6.07, 6.45) is 2.04. The highest BCUT2D eigenvalue weighted by molar-refractivity contribution is 7.09. The van der Waals surface area contributed by atoms with Crippen LogP contribution in [0.25, 0.3) is 0 Å². The van der Waals surface area contributed by atoms with Gasteiger partial charge in [-0.2, -0.15) is 0 Å². The van der Waals surface area contributed by atoms with E-state index in [1.807, 2.05) is 28.5 Å². The lowest BCUT2D eigenvalue weighted by Gasteiger charge is -2.22. The van der Waals surface area contributed by atoms with Crippen molar-refractivity contribution >= 4 is 23.2 Å². The van der Waals surface area contributed by atoms with E-state index in [1.54, 1.807) is 30.3 Å². The van der Waals surface area contributed by atoms with Gasteiger partial charge >= 0.3 is 0 Å². The fraction of sp³-hybridized carbons (Fsp3) is 0.476. The van der Waals surface area contributed by atoms with Crippen LogP contribution in [0, 0.1) is 0 Å². The summed E-state index contributed by atoms with van der Waals surface area (Å²) in [5, 5.41) is 3.04. The summed E-state index contributed by atoms with van der Waals surface area (Å²) < 4.78 is 0. The van der Waals surface area contributed by atoms with Crippen molar-refractivity contribution in [2.75, 3.05) is 46.8 Å². The summed E-state index contributed by atoms with van der Waals surface area (Å²) >= 11 is 1.61. The lowest BCUT2D eigenvalue weighted by molar-refractivity contribution is -0.130. The Morgan fingerprint density at radius 1 is 1.11 bits per heavy atom. The summed E-state index contributed by atoms with van der Waals surface area (Å²) in [6, 6.07) is 10.3. The minimum Gasteiger partial charge on any atom is -0.348 e. The van der Waals surface area contributed by atoms with E-state index < -0.39 is 0 Å². The predicted molar refractivity (Wildman–Crippen MR) is 111 cm³/mol. The molecule has 0 N–H and O–H groups in total. The lowest BCUT2D eigenvalue weighted by Crippen LogP contribution is -2.40. The summed E-state index contributed by atoms with van der Waals surface area (Å²) in [5.41, 5.74) is 2.08. The largest absolute Gasteiger partial charge is 0.348 e. The number of carbonyl (C=O) groups is 2. The average molecular weight is 401 g/mol. The third kappa shape index (κ3) is 5.87. The van der Waals surface area contributed by atoms with Crippen molar-refractivity contribution in [3.05, 3.63) is 52.0 Å². The van der Waals surface area contributed by atoms with Gasteiger partial charge in [0.1, 0.15) is 0 Å². The molecular weight excluding hydrogens is 372 g/mol. The Labute approximate surface area is 170 Å². The SMILES string of the molecule is CN(C)C(=O)CN1CCCN(C(=O)Cc2csc(Cc3ccccc3)n2)CC1. The monoisotopic (exact) mass is 400 g/mol. The van der Waals surface area contributed by atoms with Crippen molar-refractivity contribution in [1.29, 1.82) is 0 Å². The number of benzene rings is 1. The molecule has 3 rings (SSSR count). The molecule has 0 bridgehead atoms. The van der Waals surface area contributed by atoms with Crippen molar-refractivity contribution in [2.45, 2.75) is 19.3 Å². The van der Waals surface area contributed by atoms with E-state index in [4.69, 9.17) is 0 Å². The van der Waals surface area contributed by atoms with Gasteiger partial charge < -0.3 is 9.80 Å². The second-order valence-electron chi connectivity index (χ2n) is 7.37. The molecule has 1 aromatic carbocycles. The number of nitrogens with zero attached hydrogens (tertiary/aromatic N) is 4. The summed E-state index contributed by atoms with van der Waals surface area (Å²) in [4.78, 5) is 34.9. The zero-order valence-electron chi connectivity index (χ0n) is 16.6. The predicted octanol–water partition coefficient (Wildman–Crippen LogP) is 1.90. The number of likely N-dealkylation sites (N-methyl/N-ethyl adjacent to an activating group) is 1. The number of aromatic nitrogens is 1. The Morgan fingerprint density at radius 2 is 1.89 bits per heavy atom. The van der Waals surface area contributed by atoms with Crippen LogP contribution >= 0.6 is 11.3 Å². The zero-order valence-corrected chi connectivity index (χ0v) is 17.5. The number of hydrogen-bond donors (Lipinski definition) is 0. The van der Waals surface area contributed by atoms with E-state index >= 15 is 0 Å². The molecule has 0 aliphatic carbocycles. The first kappa shape index (κ1) is 20.5. The molecule has 0 saturated carbocycles. The zero-order chi connectivity index (χ0) is 19.9. The molecule has 2 amide bonds. The third-order valence-corrected chi connectivity index (χ3v) is 5.83. The smallest absolute Gasteiger partial charge is 0.236 e. The Balaban J connectivity index is 1.50. The van der Waals surface area contributed by atoms with E-state index in [2.05, 4.69) is 22.0 Å². The highest BCUT2D eigenvalue weighted by Gasteiger charge is 2.21. The quantitative estimate of drug-likeness (QED) is 0.743. The second-order valence-corrected chi connectivity index (χ2v) is 8.31. The molecule has 6 nitrogen and oxygen atoms in total. The van der Waals surface area contributed by atoms with Crippen molar-refractivity contribution in [3.8, 4) is 0 Å². The molecule has 0 radical (unpaired) electrons. The van der Waals surface area contributed by atoms with Gasteiger partial charge in [-0.15, -0.1) is 11.3 Å². The molecule has 150 valence electrons. The van der Waals surface area contributed by atoms with E-state index in [1.165, 1.54) is 5.56 Å². The molecule has 0 unspecified atom stereocenters. The minimum absolute atomic E-state index is 0.105. The maximum Gasteiger partial charge on any atom is 0.236 e. The standard InChI is InChI=1S/C21H28N4O2S/c1-23(2)21(27)15-24-9-6-10-25(12-11-24)20(26)14-18-16-28-19(22-18)13-17-7-4-3-5-8-17/h3-5,7-8,16H,6,9-15H2,1-2H3. The van der Waals surface area contributed by atoms with Gasteiger partial charge in [-0.05, 0) is 12.0 Å². The van der Waals surface area contributed by atoms with Crippen LogP contribution in [0.3, 0.4) is 0 Å². The normalized spacial score (nSPS) is 15.3. The molecule has 1 aromatic heterocycles. The third-order valence-electron chi connectivity index (χ3n) is 4.93. The van der Waals surface area contributed by atoms with Gasteiger partial charge in [0.05, 0.1) is 23.7 Å². The number of carbonyl (C=O) groups excluding carboxylic acids is 2. The van der Waals surface area contributed by atoms with Gasteiger partial charge in [0, 0.05) is 52.1 Å². The van der Waals surface area contributed by atoms with Crippen LogP contribution in [0.15, 0.2) is 35.7 Å². The maximum atomic E-state index is 12.7. The first-order chi connectivity index (χ1) is 13.5. The van der Waals surface area contributed by atoms with Crippen molar-refractivity contribution in [2.24, 2.45) is 0 Å². The van der Waals surface area contributed by atoms with Gasteiger partial charge in [-0.1, -0.05) is 30.3 Å². The first-order valence-corrected chi connectivity index (χ1v) is 10.6. The van der Waals surface area contributed by atoms with Crippen molar-refractivity contribution in [3.63, 3.8) is 0 Å². The molecule has 2 aromatic rings. The average Bonchev–Trinajstić information content (AvgIpc) is 2.97. The fourth-order valence-electron chi connectivity index (χ4n) is 3.26. The van der Waals surface area contributed by atoms with Gasteiger partial charge in [0.25, 0.3) is 0 Å². The van der Waals surface area contributed by atoms with E-state index in [0.717, 1.165) is 43.2 Å². The molecule has 2 heterocycles. The Bertz CT molecular complexity index is 791. The lowest BCUT2D eigenvalue weighted by atomic mass is 10.2. The van der Waals surface area contributed by atoms with Gasteiger partial charge in [-0.3, -0.25) is 14.5 Å². The highest BCUT2D eigenvalue weighted by atomic mass is 32.1. The first-order valence-electron chi connectivity index (χ1n) is 9.69. The van der Waals surface area contributed by atoms with Gasteiger partial charge in [-0.25, -0.2) is 4.98 Å². The van der Waals surface area contributed by atoms with E-state index in [9.17, 15) is 9.59 Å². The van der Waals surface area contributed by atoms with Crippen LogP contribution < -0.4 is 0 Å². The van der Waals surface area contributed by atoms with Gasteiger partial charge in [0.2, 0.25) is 11.8 Å². The van der Waals surface area contributed by atoms with Crippen LogP contribution in [0.5, 0.6) is 0 Å². The number of amides is 2. The molecule has 1 fully saturated rings. The summed E-state index contributed by atoms with van der Waals surface area (Å²) in [7, 11) is 3.55. The summed E-state index contributed by atoms with van der Waals surface area (Å²) in [5.74, 6) is 0.227. The molecule has 1 aliphatic rings. The topological polar surface area (TPSA) is 56.8 Å². The number of rotatable bonds is 6. The molecule has 1 saturated heterocycles. The minimum atomic E-state index is 0.105. The Hall–Kier alpha value is -2.25. The molecule has 1 aliphatic heterocycles. The fourth-order valence-corrected chi connectivity index (χ4v) is 4.09. The van der Waals surface area contributed by atoms with Gasteiger partial charge in [0.15, 0.2) is 0 Å². The van der Waals surface area contributed by atoms with Crippen LogP contribution in [-0.2, 0) is 22.4 Å². The van der Waals surface area contributed by atoms with E-state index in [-0.39, 0.29) is 11.8 Å². The Morgan fingerprint density at radius 3 is 2.64 bits per heavy atom. The molecule has 0 atom stereocenters. The van der Waals surface area contributed by atoms with Crippen molar-refractivity contribution < 1.29 is 9.59 Å². The van der Waals surface area contributed by atoms with E-state index in [0.29, 0.717) is 19.5 Å². The summed E-state index contributed by atoms with van der Waals surface area (Å²) in [6.45, 7) is 3.42.